The maximum Gasteiger partial charge on any atom is 0.234 e. The molecule has 1 aromatic heterocycles. The lowest BCUT2D eigenvalue weighted by Crippen LogP contribution is -2.39. The molecule has 2 amide bonds. The van der Waals surface area contributed by atoms with Crippen molar-refractivity contribution >= 4 is 33.6 Å². The standard InChI is InChI=1S/C26H26N2O4/c1-28-13-11-18(12-14-28)31-15-3-5-17-4-2-6-20-19(17)7-9-23-25(20)22(16-32-23)21-8-10-24(29)27-26(21)30/h2,4,6-7,9,16,18,21H,8,10-15H2,1H3,(H,27,29,30). The van der Waals surface area contributed by atoms with Crippen LogP contribution in [0.4, 0.5) is 0 Å². The molecule has 6 heteroatoms. The van der Waals surface area contributed by atoms with Gasteiger partial charge in [-0.2, -0.15) is 0 Å². The van der Waals surface area contributed by atoms with E-state index in [0.717, 1.165) is 58.8 Å². The molecule has 164 valence electrons. The number of nitrogens with zero attached hydrogens (tertiary/aromatic N) is 1. The van der Waals surface area contributed by atoms with E-state index in [2.05, 4.69) is 29.1 Å². The Bertz CT molecular complexity index is 1240. The Morgan fingerprint density at radius 2 is 1.97 bits per heavy atom. The number of hydrogen-bond acceptors (Lipinski definition) is 5. The van der Waals surface area contributed by atoms with E-state index >= 15 is 0 Å². The maximum absolute atomic E-state index is 12.5. The van der Waals surface area contributed by atoms with Crippen LogP contribution in [-0.4, -0.2) is 49.6 Å². The molecule has 2 aliphatic heterocycles. The molecule has 1 atom stereocenters. The fraction of sp³-hybridized carbons (Fsp3) is 0.385. The zero-order valence-corrected chi connectivity index (χ0v) is 18.1. The molecule has 0 saturated carbocycles. The van der Waals surface area contributed by atoms with Gasteiger partial charge in [0.25, 0.3) is 0 Å². The maximum atomic E-state index is 12.5. The minimum Gasteiger partial charge on any atom is -0.464 e. The summed E-state index contributed by atoms with van der Waals surface area (Å²) < 4.78 is 11.7. The van der Waals surface area contributed by atoms with Crippen molar-refractivity contribution < 1.29 is 18.7 Å². The van der Waals surface area contributed by atoms with Crippen LogP contribution in [0.25, 0.3) is 21.7 Å². The predicted molar refractivity (Wildman–Crippen MR) is 122 cm³/mol. The molecule has 32 heavy (non-hydrogen) atoms. The number of piperidine rings is 2. The Morgan fingerprint density at radius 1 is 1.12 bits per heavy atom. The van der Waals surface area contributed by atoms with E-state index in [9.17, 15) is 9.59 Å². The number of carbonyl (C=O) groups excluding carboxylic acids is 2. The third kappa shape index (κ3) is 4.02. The summed E-state index contributed by atoms with van der Waals surface area (Å²) in [6, 6.07) is 9.95. The van der Waals surface area contributed by atoms with Crippen molar-refractivity contribution in [1.29, 1.82) is 0 Å². The first-order valence-electron chi connectivity index (χ1n) is 11.2. The van der Waals surface area contributed by atoms with E-state index in [1.807, 2.05) is 30.3 Å². The fourth-order valence-electron chi connectivity index (χ4n) is 4.72. The molecule has 0 aliphatic carbocycles. The summed E-state index contributed by atoms with van der Waals surface area (Å²) in [5.41, 5.74) is 2.48. The molecule has 0 spiro atoms. The van der Waals surface area contributed by atoms with Crippen LogP contribution in [0, 0.1) is 11.8 Å². The van der Waals surface area contributed by atoms with Gasteiger partial charge in [0.05, 0.1) is 18.3 Å². The number of amides is 2. The smallest absolute Gasteiger partial charge is 0.234 e. The van der Waals surface area contributed by atoms with Gasteiger partial charge < -0.3 is 14.1 Å². The Hall–Kier alpha value is -3.14. The number of fused-ring (bicyclic) bond motifs is 3. The van der Waals surface area contributed by atoms with Crippen molar-refractivity contribution in [3.8, 4) is 11.8 Å². The zero-order chi connectivity index (χ0) is 22.1. The first-order chi connectivity index (χ1) is 15.6. The highest BCUT2D eigenvalue weighted by Gasteiger charge is 2.31. The Balaban J connectivity index is 1.42. The highest BCUT2D eigenvalue weighted by Crippen LogP contribution is 2.37. The van der Waals surface area contributed by atoms with Crippen LogP contribution in [-0.2, 0) is 14.3 Å². The van der Waals surface area contributed by atoms with Crippen molar-refractivity contribution in [3.05, 3.63) is 47.7 Å². The van der Waals surface area contributed by atoms with Crippen LogP contribution in [0.3, 0.4) is 0 Å². The molecule has 5 rings (SSSR count). The Labute approximate surface area is 186 Å². The summed E-state index contributed by atoms with van der Waals surface area (Å²) >= 11 is 0. The second-order valence-electron chi connectivity index (χ2n) is 8.65. The van der Waals surface area contributed by atoms with Crippen molar-refractivity contribution in [1.82, 2.24) is 10.2 Å². The Morgan fingerprint density at radius 3 is 2.78 bits per heavy atom. The number of rotatable bonds is 3. The minimum atomic E-state index is -0.391. The third-order valence-corrected chi connectivity index (χ3v) is 6.52. The topological polar surface area (TPSA) is 71.8 Å². The number of hydrogen-bond donors (Lipinski definition) is 1. The van der Waals surface area contributed by atoms with Gasteiger partial charge in [-0.3, -0.25) is 14.9 Å². The molecule has 2 fully saturated rings. The average Bonchev–Trinajstić information content (AvgIpc) is 3.22. The van der Waals surface area contributed by atoms with Gasteiger partial charge in [-0.15, -0.1) is 0 Å². The van der Waals surface area contributed by atoms with Gasteiger partial charge in [-0.05, 0) is 55.3 Å². The minimum absolute atomic E-state index is 0.219. The first kappa shape index (κ1) is 20.7. The summed E-state index contributed by atoms with van der Waals surface area (Å²) in [4.78, 5) is 26.3. The van der Waals surface area contributed by atoms with E-state index in [4.69, 9.17) is 9.15 Å². The van der Waals surface area contributed by atoms with Gasteiger partial charge in [0.15, 0.2) is 0 Å². The molecule has 6 nitrogen and oxygen atoms in total. The Kier molecular flexibility index (Phi) is 5.69. The van der Waals surface area contributed by atoms with Gasteiger partial charge in [0.1, 0.15) is 12.2 Å². The first-order valence-corrected chi connectivity index (χ1v) is 11.2. The van der Waals surface area contributed by atoms with Crippen LogP contribution in [0.15, 0.2) is 41.0 Å². The molecule has 3 aromatic rings. The second-order valence-corrected chi connectivity index (χ2v) is 8.65. The zero-order valence-electron chi connectivity index (χ0n) is 18.1. The lowest BCUT2D eigenvalue weighted by atomic mass is 9.88. The van der Waals surface area contributed by atoms with Gasteiger partial charge in [-0.1, -0.05) is 24.0 Å². The van der Waals surface area contributed by atoms with Gasteiger partial charge in [-0.25, -0.2) is 0 Å². The van der Waals surface area contributed by atoms with Crippen LogP contribution < -0.4 is 5.32 Å². The van der Waals surface area contributed by atoms with Crippen LogP contribution in [0.5, 0.6) is 0 Å². The number of imide groups is 1. The normalized spacial score (nSPS) is 20.3. The van der Waals surface area contributed by atoms with Crippen LogP contribution in [0.1, 0.15) is 42.7 Å². The molecule has 0 radical (unpaired) electrons. The molecule has 2 aromatic carbocycles. The SMILES string of the molecule is CN1CCC(OCC#Cc2cccc3c2ccc2occ(C4CCC(=O)NC4=O)c23)CC1. The van der Waals surface area contributed by atoms with E-state index in [-0.39, 0.29) is 17.9 Å². The van der Waals surface area contributed by atoms with E-state index in [1.54, 1.807) is 6.26 Å². The summed E-state index contributed by atoms with van der Waals surface area (Å²) in [5.74, 6) is 5.57. The number of likely N-dealkylation sites (tertiary alicyclic amines) is 1. The van der Waals surface area contributed by atoms with Gasteiger partial charge in [0.2, 0.25) is 11.8 Å². The molecule has 0 bridgehead atoms. The van der Waals surface area contributed by atoms with Gasteiger partial charge >= 0.3 is 0 Å². The molecule has 3 heterocycles. The van der Waals surface area contributed by atoms with E-state index in [1.165, 1.54) is 0 Å². The van der Waals surface area contributed by atoms with Crippen molar-refractivity contribution in [3.63, 3.8) is 0 Å². The lowest BCUT2D eigenvalue weighted by Gasteiger charge is -2.28. The lowest BCUT2D eigenvalue weighted by molar-refractivity contribution is -0.134. The predicted octanol–water partition coefficient (Wildman–Crippen LogP) is 3.57. The van der Waals surface area contributed by atoms with Crippen molar-refractivity contribution in [2.45, 2.75) is 37.7 Å². The monoisotopic (exact) mass is 430 g/mol. The third-order valence-electron chi connectivity index (χ3n) is 6.52. The number of nitrogens with one attached hydrogen (secondary N) is 1. The molecular weight excluding hydrogens is 404 g/mol. The molecule has 2 saturated heterocycles. The average molecular weight is 431 g/mol. The number of ether oxygens (including phenoxy) is 1. The largest absolute Gasteiger partial charge is 0.464 e. The summed E-state index contributed by atoms with van der Waals surface area (Å²) in [6.07, 6.45) is 4.86. The van der Waals surface area contributed by atoms with Gasteiger partial charge in [0, 0.05) is 36.0 Å². The van der Waals surface area contributed by atoms with E-state index < -0.39 is 5.92 Å². The van der Waals surface area contributed by atoms with E-state index in [0.29, 0.717) is 19.4 Å². The number of furan rings is 1. The molecule has 1 unspecified atom stereocenters. The fourth-order valence-corrected chi connectivity index (χ4v) is 4.72. The van der Waals surface area contributed by atoms with Crippen molar-refractivity contribution in [2.75, 3.05) is 26.7 Å². The second kappa shape index (κ2) is 8.78. The van der Waals surface area contributed by atoms with Crippen LogP contribution >= 0.6 is 0 Å². The number of benzene rings is 2. The number of carbonyl (C=O) groups is 2. The summed E-state index contributed by atoms with van der Waals surface area (Å²) in [5, 5.41) is 5.38. The van der Waals surface area contributed by atoms with Crippen LogP contribution in [0.2, 0.25) is 0 Å². The molecular formula is C26H26N2O4. The summed E-state index contributed by atoms with van der Waals surface area (Å²) in [6.45, 7) is 2.55. The highest BCUT2D eigenvalue weighted by molar-refractivity contribution is 6.11. The summed E-state index contributed by atoms with van der Waals surface area (Å²) in [7, 11) is 2.14. The van der Waals surface area contributed by atoms with Crippen molar-refractivity contribution in [2.24, 2.45) is 0 Å². The highest BCUT2D eigenvalue weighted by atomic mass is 16.5. The quantitative estimate of drug-likeness (QED) is 0.508. The molecule has 2 aliphatic rings. The molecule has 1 N–H and O–H groups in total.